The fourth-order valence-electron chi connectivity index (χ4n) is 1.42. The molecule has 0 N–H and O–H groups in total. The van der Waals surface area contributed by atoms with Crippen molar-refractivity contribution in [3.63, 3.8) is 0 Å². The number of hydrogen-bond acceptors (Lipinski definition) is 4. The van der Waals surface area contributed by atoms with Gasteiger partial charge in [-0.2, -0.15) is 5.26 Å². The van der Waals surface area contributed by atoms with Crippen LogP contribution in [-0.2, 0) is 4.74 Å². The highest BCUT2D eigenvalue weighted by molar-refractivity contribution is 9.10. The third-order valence-electron chi connectivity index (χ3n) is 2.34. The van der Waals surface area contributed by atoms with E-state index in [4.69, 9.17) is 10.00 Å². The van der Waals surface area contributed by atoms with Crippen molar-refractivity contribution < 1.29 is 9.53 Å². The molecule has 0 saturated carbocycles. The summed E-state index contributed by atoms with van der Waals surface area (Å²) in [7, 11) is 1.58. The van der Waals surface area contributed by atoms with Crippen LogP contribution in [0.15, 0.2) is 22.9 Å². The van der Waals surface area contributed by atoms with Crippen LogP contribution in [0.1, 0.15) is 16.8 Å². The van der Waals surface area contributed by atoms with E-state index in [2.05, 4.69) is 20.9 Å². The van der Waals surface area contributed by atoms with Gasteiger partial charge in [-0.1, -0.05) is 0 Å². The van der Waals surface area contributed by atoms with Crippen LogP contribution in [0.25, 0.3) is 0 Å². The molecule has 1 heterocycles. The zero-order chi connectivity index (χ0) is 13.4. The summed E-state index contributed by atoms with van der Waals surface area (Å²) in [4.78, 5) is 17.9. The summed E-state index contributed by atoms with van der Waals surface area (Å²) in [6, 6.07) is 5.44. The number of ether oxygens (including phenoxy) is 1. The number of pyridine rings is 1. The lowest BCUT2D eigenvalue weighted by Crippen LogP contribution is -2.35. The molecular weight excluding hydrogens is 298 g/mol. The molecule has 0 fully saturated rings. The minimum absolute atomic E-state index is 0.151. The van der Waals surface area contributed by atoms with E-state index in [1.807, 2.05) is 6.07 Å². The van der Waals surface area contributed by atoms with Gasteiger partial charge >= 0.3 is 0 Å². The Bertz CT molecular complexity index is 445. The molecule has 1 aromatic rings. The second-order valence-corrected chi connectivity index (χ2v) is 4.29. The molecule has 6 heteroatoms. The van der Waals surface area contributed by atoms with Crippen LogP contribution in [-0.4, -0.2) is 42.6 Å². The van der Waals surface area contributed by atoms with Crippen LogP contribution in [0.3, 0.4) is 0 Å². The first-order chi connectivity index (χ1) is 8.70. The smallest absolute Gasteiger partial charge is 0.256 e. The minimum Gasteiger partial charge on any atom is -0.383 e. The van der Waals surface area contributed by atoms with E-state index in [1.54, 1.807) is 30.3 Å². The molecule has 96 valence electrons. The molecule has 0 radical (unpaired) electrons. The molecule has 0 aliphatic heterocycles. The van der Waals surface area contributed by atoms with Gasteiger partial charge in [-0.3, -0.25) is 4.79 Å². The standard InChI is InChI=1S/C12H14BrN3O2/c1-18-9-8-16(7-3-5-14)12(17)10-4-2-6-15-11(10)13/h2,4,6H,3,7-9H2,1H3. The summed E-state index contributed by atoms with van der Waals surface area (Å²) in [5.74, 6) is -0.151. The second kappa shape index (κ2) is 7.80. The maximum Gasteiger partial charge on any atom is 0.256 e. The van der Waals surface area contributed by atoms with E-state index in [9.17, 15) is 4.79 Å². The first-order valence-corrected chi connectivity index (χ1v) is 6.25. The van der Waals surface area contributed by atoms with Crippen LogP contribution in [0.2, 0.25) is 0 Å². The molecule has 0 saturated heterocycles. The van der Waals surface area contributed by atoms with Crippen LogP contribution >= 0.6 is 15.9 Å². The van der Waals surface area contributed by atoms with Crippen molar-refractivity contribution in [2.24, 2.45) is 0 Å². The van der Waals surface area contributed by atoms with E-state index >= 15 is 0 Å². The highest BCUT2D eigenvalue weighted by Crippen LogP contribution is 2.15. The van der Waals surface area contributed by atoms with Crippen molar-refractivity contribution in [2.45, 2.75) is 6.42 Å². The molecule has 0 aromatic carbocycles. The number of carbonyl (C=O) groups excluding carboxylic acids is 1. The van der Waals surface area contributed by atoms with Gasteiger partial charge in [-0.05, 0) is 28.1 Å². The fraction of sp³-hybridized carbons (Fsp3) is 0.417. The van der Waals surface area contributed by atoms with Crippen molar-refractivity contribution in [3.05, 3.63) is 28.5 Å². The van der Waals surface area contributed by atoms with Gasteiger partial charge in [0.25, 0.3) is 5.91 Å². The number of rotatable bonds is 6. The Balaban J connectivity index is 2.81. The largest absolute Gasteiger partial charge is 0.383 e. The molecule has 1 aromatic heterocycles. The van der Waals surface area contributed by atoms with Crippen molar-refractivity contribution in [1.82, 2.24) is 9.88 Å². The van der Waals surface area contributed by atoms with Crippen LogP contribution < -0.4 is 0 Å². The number of nitrogens with zero attached hydrogens (tertiary/aromatic N) is 3. The Kier molecular flexibility index (Phi) is 6.33. The van der Waals surface area contributed by atoms with Crippen molar-refractivity contribution in [3.8, 4) is 6.07 Å². The van der Waals surface area contributed by atoms with E-state index in [1.165, 1.54) is 0 Å². The molecule has 5 nitrogen and oxygen atoms in total. The number of amides is 1. The van der Waals surface area contributed by atoms with Gasteiger partial charge in [0.2, 0.25) is 0 Å². The molecule has 0 spiro atoms. The lowest BCUT2D eigenvalue weighted by molar-refractivity contribution is 0.0698. The van der Waals surface area contributed by atoms with E-state index in [-0.39, 0.29) is 5.91 Å². The molecule has 0 atom stereocenters. The van der Waals surface area contributed by atoms with Crippen molar-refractivity contribution in [2.75, 3.05) is 26.8 Å². The van der Waals surface area contributed by atoms with E-state index in [0.29, 0.717) is 36.3 Å². The third kappa shape index (κ3) is 4.09. The summed E-state index contributed by atoms with van der Waals surface area (Å²) >= 11 is 3.25. The third-order valence-corrected chi connectivity index (χ3v) is 2.97. The van der Waals surface area contributed by atoms with Gasteiger partial charge in [-0.15, -0.1) is 0 Å². The second-order valence-electron chi connectivity index (χ2n) is 3.53. The topological polar surface area (TPSA) is 66.2 Å². The summed E-state index contributed by atoms with van der Waals surface area (Å²) in [6.45, 7) is 1.29. The predicted octanol–water partition coefficient (Wildman–Crippen LogP) is 1.85. The van der Waals surface area contributed by atoms with Crippen molar-refractivity contribution >= 4 is 21.8 Å². The molecule has 0 aliphatic carbocycles. The average molecular weight is 312 g/mol. The van der Waals surface area contributed by atoms with Gasteiger partial charge in [0.15, 0.2) is 0 Å². The Morgan fingerprint density at radius 3 is 3.00 bits per heavy atom. The summed E-state index contributed by atoms with van der Waals surface area (Å²) in [5, 5.41) is 8.61. The summed E-state index contributed by atoms with van der Waals surface area (Å²) in [6.07, 6.45) is 1.91. The van der Waals surface area contributed by atoms with Gasteiger partial charge in [0.05, 0.1) is 24.7 Å². The first kappa shape index (κ1) is 14.6. The molecule has 1 amide bonds. The number of hydrogen-bond donors (Lipinski definition) is 0. The predicted molar refractivity (Wildman–Crippen MR) is 69.9 cm³/mol. The number of methoxy groups -OCH3 is 1. The maximum atomic E-state index is 12.3. The van der Waals surface area contributed by atoms with Crippen molar-refractivity contribution in [1.29, 1.82) is 5.26 Å². The molecule has 0 bridgehead atoms. The maximum absolute atomic E-state index is 12.3. The fourth-order valence-corrected chi connectivity index (χ4v) is 1.84. The van der Waals surface area contributed by atoms with Gasteiger partial charge < -0.3 is 9.64 Å². The average Bonchev–Trinajstić information content (AvgIpc) is 2.39. The van der Waals surface area contributed by atoms with Crippen LogP contribution in [0, 0.1) is 11.3 Å². The Hall–Kier alpha value is -1.45. The summed E-state index contributed by atoms with van der Waals surface area (Å²) in [5.41, 5.74) is 0.492. The SMILES string of the molecule is COCCN(CCC#N)C(=O)c1cccnc1Br. The number of carbonyl (C=O) groups is 1. The Morgan fingerprint density at radius 2 is 2.39 bits per heavy atom. The monoisotopic (exact) mass is 311 g/mol. The molecule has 1 rings (SSSR count). The van der Waals surface area contributed by atoms with Crippen LogP contribution in [0.5, 0.6) is 0 Å². The van der Waals surface area contributed by atoms with Gasteiger partial charge in [0.1, 0.15) is 4.60 Å². The minimum atomic E-state index is -0.151. The normalized spacial score (nSPS) is 9.83. The Morgan fingerprint density at radius 1 is 1.61 bits per heavy atom. The lowest BCUT2D eigenvalue weighted by atomic mass is 10.2. The number of aromatic nitrogens is 1. The zero-order valence-electron chi connectivity index (χ0n) is 10.1. The highest BCUT2D eigenvalue weighted by atomic mass is 79.9. The Labute approximate surface area is 115 Å². The van der Waals surface area contributed by atoms with Gasteiger partial charge in [0, 0.05) is 26.4 Å². The van der Waals surface area contributed by atoms with E-state index < -0.39 is 0 Å². The highest BCUT2D eigenvalue weighted by Gasteiger charge is 2.17. The summed E-state index contributed by atoms with van der Waals surface area (Å²) < 4.78 is 5.47. The lowest BCUT2D eigenvalue weighted by Gasteiger charge is -2.21. The molecular formula is C12H14BrN3O2. The van der Waals surface area contributed by atoms with Crippen LogP contribution in [0.4, 0.5) is 0 Å². The quantitative estimate of drug-likeness (QED) is 0.752. The number of nitriles is 1. The molecule has 18 heavy (non-hydrogen) atoms. The number of halogens is 1. The molecule has 0 unspecified atom stereocenters. The van der Waals surface area contributed by atoms with Gasteiger partial charge in [-0.25, -0.2) is 4.98 Å². The zero-order valence-corrected chi connectivity index (χ0v) is 11.7. The first-order valence-electron chi connectivity index (χ1n) is 5.46. The molecule has 0 aliphatic rings. The van der Waals surface area contributed by atoms with E-state index in [0.717, 1.165) is 0 Å².